The van der Waals surface area contributed by atoms with Crippen molar-refractivity contribution in [3.05, 3.63) is 23.7 Å². The fourth-order valence-corrected chi connectivity index (χ4v) is 3.59. The largest absolute Gasteiger partial charge is 0.442 e. The smallest absolute Gasteiger partial charge is 0.410 e. The van der Waals surface area contributed by atoms with E-state index in [2.05, 4.69) is 15.4 Å². The van der Waals surface area contributed by atoms with Gasteiger partial charge >= 0.3 is 6.09 Å². The van der Waals surface area contributed by atoms with Gasteiger partial charge in [0, 0.05) is 19.5 Å². The zero-order chi connectivity index (χ0) is 19.0. The molecule has 0 bridgehead atoms. The van der Waals surface area contributed by atoms with Gasteiger partial charge < -0.3 is 15.0 Å². The Bertz CT molecular complexity index is 718. The lowest BCUT2D eigenvalue weighted by molar-refractivity contribution is -0.119. The van der Waals surface area contributed by atoms with Gasteiger partial charge in [0.2, 0.25) is 5.91 Å². The van der Waals surface area contributed by atoms with E-state index in [0.29, 0.717) is 31.2 Å². The predicted octanol–water partition coefficient (Wildman–Crippen LogP) is 1.18. The Morgan fingerprint density at radius 2 is 2.22 bits per heavy atom. The number of nitrogens with one attached hydrogen (secondary N) is 1. The van der Waals surface area contributed by atoms with Crippen molar-refractivity contribution in [3.8, 4) is 0 Å². The SMILES string of the molecule is CC(=O)NCC1CN(C2C=C(F)C(N3C=NN(C4CC4)CC3)=CC2)C(=O)O1. The van der Waals surface area contributed by atoms with Gasteiger partial charge in [-0.3, -0.25) is 14.7 Å². The van der Waals surface area contributed by atoms with Crippen molar-refractivity contribution in [2.24, 2.45) is 5.10 Å². The van der Waals surface area contributed by atoms with Crippen LogP contribution >= 0.6 is 0 Å². The maximum atomic E-state index is 14.7. The Hall–Kier alpha value is -2.58. The number of hydrogen-bond donors (Lipinski definition) is 1. The van der Waals surface area contributed by atoms with Gasteiger partial charge in [0.05, 0.1) is 31.4 Å². The fraction of sp³-hybridized carbons (Fsp3) is 0.611. The Labute approximate surface area is 157 Å². The van der Waals surface area contributed by atoms with Gasteiger partial charge in [-0.25, -0.2) is 9.18 Å². The van der Waals surface area contributed by atoms with Crippen LogP contribution in [-0.2, 0) is 9.53 Å². The molecule has 0 aromatic carbocycles. The number of hydrogen-bond acceptors (Lipinski definition) is 6. The second-order valence-electron chi connectivity index (χ2n) is 7.32. The summed E-state index contributed by atoms with van der Waals surface area (Å²) in [6, 6.07) is 0.174. The third-order valence-electron chi connectivity index (χ3n) is 5.20. The third kappa shape index (κ3) is 3.91. The number of rotatable bonds is 5. The average molecular weight is 377 g/mol. The van der Waals surface area contributed by atoms with Crippen LogP contribution in [0, 0.1) is 0 Å². The number of carbonyl (C=O) groups excluding carboxylic acids is 2. The maximum Gasteiger partial charge on any atom is 0.410 e. The highest BCUT2D eigenvalue weighted by Gasteiger charge is 2.37. The van der Waals surface area contributed by atoms with Crippen LogP contribution in [0.1, 0.15) is 26.2 Å². The summed E-state index contributed by atoms with van der Waals surface area (Å²) >= 11 is 0. The molecule has 2 heterocycles. The van der Waals surface area contributed by atoms with Gasteiger partial charge in [0.15, 0.2) is 0 Å². The molecule has 0 radical (unpaired) electrons. The minimum atomic E-state index is -0.476. The van der Waals surface area contributed by atoms with Crippen molar-refractivity contribution in [1.29, 1.82) is 0 Å². The maximum absolute atomic E-state index is 14.7. The van der Waals surface area contributed by atoms with Crippen LogP contribution < -0.4 is 5.32 Å². The van der Waals surface area contributed by atoms with Gasteiger partial charge in [-0.1, -0.05) is 6.08 Å². The van der Waals surface area contributed by atoms with Crippen molar-refractivity contribution < 1.29 is 18.7 Å². The minimum absolute atomic E-state index is 0.177. The first-order valence-electron chi connectivity index (χ1n) is 9.38. The van der Waals surface area contributed by atoms with Crippen LogP contribution in [0.15, 0.2) is 28.8 Å². The molecular formula is C18H24FN5O3. The lowest BCUT2D eigenvalue weighted by Gasteiger charge is -2.33. The second-order valence-corrected chi connectivity index (χ2v) is 7.32. The standard InChI is InChI=1S/C18H24FN5O3/c1-12(25)20-9-15-10-23(18(26)27-15)14-4-5-17(16(19)8-14)22-6-7-24(21-11-22)13-2-3-13/h5,8,11,13-15H,2-4,6-7,9-10H2,1H3,(H,20,25). The summed E-state index contributed by atoms with van der Waals surface area (Å²) in [6.45, 7) is 3.49. The molecule has 0 spiro atoms. The first-order valence-corrected chi connectivity index (χ1v) is 9.38. The molecule has 1 saturated heterocycles. The van der Waals surface area contributed by atoms with Crippen molar-refractivity contribution in [1.82, 2.24) is 20.1 Å². The summed E-state index contributed by atoms with van der Waals surface area (Å²) in [5.41, 5.74) is 0.507. The van der Waals surface area contributed by atoms with Gasteiger partial charge in [-0.05, 0) is 25.3 Å². The van der Waals surface area contributed by atoms with Crippen LogP contribution in [-0.4, -0.2) is 77.5 Å². The minimum Gasteiger partial charge on any atom is -0.442 e. The van der Waals surface area contributed by atoms with E-state index < -0.39 is 12.2 Å². The molecule has 2 fully saturated rings. The molecule has 4 aliphatic rings. The highest BCUT2D eigenvalue weighted by atomic mass is 19.1. The molecule has 2 amide bonds. The van der Waals surface area contributed by atoms with E-state index in [4.69, 9.17) is 4.74 Å². The molecule has 1 N–H and O–H groups in total. The molecule has 2 atom stereocenters. The Morgan fingerprint density at radius 1 is 1.41 bits per heavy atom. The van der Waals surface area contributed by atoms with E-state index in [0.717, 1.165) is 6.54 Å². The molecular weight excluding hydrogens is 353 g/mol. The third-order valence-corrected chi connectivity index (χ3v) is 5.20. The highest BCUT2D eigenvalue weighted by molar-refractivity contribution is 5.73. The number of nitrogens with zero attached hydrogens (tertiary/aromatic N) is 4. The first kappa shape index (κ1) is 17.8. The number of halogens is 1. The van der Waals surface area contributed by atoms with Gasteiger partial charge in [0.1, 0.15) is 18.3 Å². The summed E-state index contributed by atoms with van der Waals surface area (Å²) in [4.78, 5) is 26.4. The second kappa shape index (κ2) is 7.21. The summed E-state index contributed by atoms with van der Waals surface area (Å²) in [5.74, 6) is -0.528. The number of amides is 2. The summed E-state index contributed by atoms with van der Waals surface area (Å²) in [7, 11) is 0. The molecule has 8 nitrogen and oxygen atoms in total. The zero-order valence-corrected chi connectivity index (χ0v) is 15.3. The van der Waals surface area contributed by atoms with E-state index in [9.17, 15) is 14.0 Å². The van der Waals surface area contributed by atoms with Crippen molar-refractivity contribution in [2.45, 2.75) is 44.4 Å². The molecule has 2 aliphatic carbocycles. The van der Waals surface area contributed by atoms with E-state index in [-0.39, 0.29) is 24.3 Å². The number of cyclic esters (lactones) is 1. The zero-order valence-electron chi connectivity index (χ0n) is 15.3. The Morgan fingerprint density at radius 3 is 2.85 bits per heavy atom. The van der Waals surface area contributed by atoms with Crippen molar-refractivity contribution >= 4 is 18.3 Å². The monoisotopic (exact) mass is 377 g/mol. The first-order chi connectivity index (χ1) is 13.0. The lowest BCUT2D eigenvalue weighted by atomic mass is 10.0. The number of hydrazone groups is 1. The number of carbonyl (C=O) groups is 2. The van der Waals surface area contributed by atoms with Gasteiger partial charge in [-0.15, -0.1) is 0 Å². The van der Waals surface area contributed by atoms with Crippen molar-refractivity contribution in [3.63, 3.8) is 0 Å². The normalized spacial score (nSPS) is 28.1. The topological polar surface area (TPSA) is 77.5 Å². The predicted molar refractivity (Wildman–Crippen MR) is 96.3 cm³/mol. The fourth-order valence-electron chi connectivity index (χ4n) is 3.59. The van der Waals surface area contributed by atoms with Crippen LogP contribution in [0.2, 0.25) is 0 Å². The van der Waals surface area contributed by atoms with Crippen LogP contribution in [0.5, 0.6) is 0 Å². The van der Waals surface area contributed by atoms with Gasteiger partial charge in [-0.2, -0.15) is 5.10 Å². The number of ether oxygens (including phenoxy) is 1. The molecule has 1 saturated carbocycles. The average Bonchev–Trinajstić information content (AvgIpc) is 3.43. The van der Waals surface area contributed by atoms with E-state index in [1.54, 1.807) is 6.34 Å². The summed E-state index contributed by atoms with van der Waals surface area (Å²) in [5, 5.41) is 9.12. The number of allylic oxidation sites excluding steroid dienone is 1. The molecule has 9 heteroatoms. The molecule has 2 aliphatic heterocycles. The molecule has 0 aromatic heterocycles. The van der Waals surface area contributed by atoms with Crippen LogP contribution in [0.25, 0.3) is 0 Å². The summed E-state index contributed by atoms with van der Waals surface area (Å²) < 4.78 is 20.0. The van der Waals surface area contributed by atoms with Crippen LogP contribution in [0.4, 0.5) is 9.18 Å². The quantitative estimate of drug-likeness (QED) is 0.778. The van der Waals surface area contributed by atoms with Crippen LogP contribution in [0.3, 0.4) is 0 Å². The molecule has 146 valence electrons. The van der Waals surface area contributed by atoms with Crippen molar-refractivity contribution in [2.75, 3.05) is 26.2 Å². The molecule has 27 heavy (non-hydrogen) atoms. The highest BCUT2D eigenvalue weighted by Crippen LogP contribution is 2.31. The Balaban J connectivity index is 1.36. The molecule has 2 unspecified atom stereocenters. The molecule has 4 rings (SSSR count). The van der Waals surface area contributed by atoms with E-state index in [1.165, 1.54) is 30.7 Å². The van der Waals surface area contributed by atoms with E-state index >= 15 is 0 Å². The van der Waals surface area contributed by atoms with Gasteiger partial charge in [0.25, 0.3) is 0 Å². The Kier molecular flexibility index (Phi) is 4.75. The lowest BCUT2D eigenvalue weighted by Crippen LogP contribution is -2.41. The molecule has 0 aromatic rings. The summed E-state index contributed by atoms with van der Waals surface area (Å²) in [6.07, 6.45) is 6.97. The van der Waals surface area contributed by atoms with E-state index in [1.807, 2.05) is 11.0 Å².